The second kappa shape index (κ2) is 6.69. The lowest BCUT2D eigenvalue weighted by Crippen LogP contribution is -2.34. The van der Waals surface area contributed by atoms with E-state index in [9.17, 15) is 0 Å². The van der Waals surface area contributed by atoms with Crippen molar-refractivity contribution < 1.29 is 0 Å². The first-order chi connectivity index (χ1) is 8.45. The van der Waals surface area contributed by atoms with Crippen LogP contribution in [0.2, 0.25) is 0 Å². The number of hydrogen-bond donors (Lipinski definition) is 1. The molecule has 0 fully saturated rings. The minimum Gasteiger partial charge on any atom is -0.368 e. The van der Waals surface area contributed by atoms with Crippen molar-refractivity contribution in [2.24, 2.45) is 0 Å². The highest BCUT2D eigenvalue weighted by Gasteiger charge is 2.12. The smallest absolute Gasteiger partial charge is 0.132 e. The maximum Gasteiger partial charge on any atom is 0.132 e. The van der Waals surface area contributed by atoms with Crippen LogP contribution in [0.3, 0.4) is 0 Å². The van der Waals surface area contributed by atoms with Gasteiger partial charge in [0.2, 0.25) is 0 Å². The van der Waals surface area contributed by atoms with Crippen LogP contribution >= 0.6 is 0 Å². The van der Waals surface area contributed by atoms with Gasteiger partial charge in [-0.05, 0) is 41.3 Å². The van der Waals surface area contributed by atoms with Crippen LogP contribution in [0.4, 0.5) is 5.82 Å². The minimum absolute atomic E-state index is 0.546. The summed E-state index contributed by atoms with van der Waals surface area (Å²) in [5.74, 6) is 1.81. The maximum absolute atomic E-state index is 4.48. The van der Waals surface area contributed by atoms with Gasteiger partial charge in [-0.25, -0.2) is 9.97 Å². The summed E-state index contributed by atoms with van der Waals surface area (Å²) in [5.41, 5.74) is 2.21. The number of aromatic nitrogens is 2. The number of hydrogen-bond acceptors (Lipinski definition) is 4. The summed E-state index contributed by atoms with van der Waals surface area (Å²) in [6, 6.07) is 0.546. The monoisotopic (exact) mass is 250 g/mol. The number of aryl methyl sites for hydroxylation is 2. The molecule has 1 atom stereocenters. The SMILES string of the molecule is CCC[C@@H](CNc1nc(C)nc(C)c1C)N(C)C. The van der Waals surface area contributed by atoms with Crippen molar-refractivity contribution in [2.75, 3.05) is 26.0 Å². The Morgan fingerprint density at radius 2 is 1.83 bits per heavy atom. The summed E-state index contributed by atoms with van der Waals surface area (Å²) in [7, 11) is 4.26. The Bertz CT molecular complexity index is 388. The summed E-state index contributed by atoms with van der Waals surface area (Å²) >= 11 is 0. The third-order valence-corrected chi connectivity index (χ3v) is 3.36. The normalized spacial score (nSPS) is 12.8. The van der Waals surface area contributed by atoms with Crippen molar-refractivity contribution in [3.63, 3.8) is 0 Å². The van der Waals surface area contributed by atoms with E-state index in [1.54, 1.807) is 0 Å². The van der Waals surface area contributed by atoms with Crippen LogP contribution in [0.1, 0.15) is 36.8 Å². The summed E-state index contributed by atoms with van der Waals surface area (Å²) in [6.07, 6.45) is 2.40. The molecule has 1 N–H and O–H groups in total. The first-order valence-corrected chi connectivity index (χ1v) is 6.67. The molecule has 1 rings (SSSR count). The number of likely N-dealkylation sites (N-methyl/N-ethyl adjacent to an activating group) is 1. The van der Waals surface area contributed by atoms with Gasteiger partial charge in [-0.2, -0.15) is 0 Å². The second-order valence-corrected chi connectivity index (χ2v) is 5.12. The molecule has 0 saturated heterocycles. The topological polar surface area (TPSA) is 41.1 Å². The molecule has 0 aromatic carbocycles. The first-order valence-electron chi connectivity index (χ1n) is 6.67. The Hall–Kier alpha value is -1.16. The van der Waals surface area contributed by atoms with E-state index in [1.165, 1.54) is 12.8 Å². The van der Waals surface area contributed by atoms with Crippen molar-refractivity contribution in [2.45, 2.75) is 46.6 Å². The molecule has 1 aromatic heterocycles. The Morgan fingerprint density at radius 1 is 1.17 bits per heavy atom. The van der Waals surface area contributed by atoms with Gasteiger partial charge in [-0.1, -0.05) is 13.3 Å². The van der Waals surface area contributed by atoms with Crippen molar-refractivity contribution in [3.8, 4) is 0 Å². The molecule has 4 nitrogen and oxygen atoms in total. The Kier molecular flexibility index (Phi) is 5.54. The molecule has 0 unspecified atom stereocenters. The molecule has 18 heavy (non-hydrogen) atoms. The standard InChI is InChI=1S/C14H26N4/c1-7-8-13(18(5)6)9-15-14-10(2)11(3)16-12(4)17-14/h13H,7-9H2,1-6H3,(H,15,16,17)/t13-/m0/s1. The average Bonchev–Trinajstić information content (AvgIpc) is 2.29. The average molecular weight is 250 g/mol. The van der Waals surface area contributed by atoms with Gasteiger partial charge >= 0.3 is 0 Å². The highest BCUT2D eigenvalue weighted by Crippen LogP contribution is 2.15. The molecular weight excluding hydrogens is 224 g/mol. The van der Waals surface area contributed by atoms with Gasteiger partial charge in [0.05, 0.1) is 0 Å². The van der Waals surface area contributed by atoms with Gasteiger partial charge in [-0.15, -0.1) is 0 Å². The van der Waals surface area contributed by atoms with E-state index in [0.717, 1.165) is 29.4 Å². The number of nitrogens with zero attached hydrogens (tertiary/aromatic N) is 3. The van der Waals surface area contributed by atoms with E-state index < -0.39 is 0 Å². The van der Waals surface area contributed by atoms with Crippen LogP contribution in [-0.2, 0) is 0 Å². The zero-order chi connectivity index (χ0) is 13.7. The predicted molar refractivity (Wildman–Crippen MR) is 77.1 cm³/mol. The highest BCUT2D eigenvalue weighted by atomic mass is 15.1. The van der Waals surface area contributed by atoms with E-state index >= 15 is 0 Å². The second-order valence-electron chi connectivity index (χ2n) is 5.12. The van der Waals surface area contributed by atoms with Crippen molar-refractivity contribution in [1.82, 2.24) is 14.9 Å². The quantitative estimate of drug-likeness (QED) is 0.842. The van der Waals surface area contributed by atoms with E-state index in [0.29, 0.717) is 6.04 Å². The molecule has 0 bridgehead atoms. The van der Waals surface area contributed by atoms with E-state index in [-0.39, 0.29) is 0 Å². The summed E-state index contributed by atoms with van der Waals surface area (Å²) in [6.45, 7) is 9.19. The van der Waals surface area contributed by atoms with E-state index in [2.05, 4.69) is 48.1 Å². The van der Waals surface area contributed by atoms with E-state index in [4.69, 9.17) is 0 Å². The fourth-order valence-corrected chi connectivity index (χ4v) is 2.03. The third-order valence-electron chi connectivity index (χ3n) is 3.36. The van der Waals surface area contributed by atoms with Gasteiger partial charge in [0.25, 0.3) is 0 Å². The van der Waals surface area contributed by atoms with Crippen molar-refractivity contribution >= 4 is 5.82 Å². The van der Waals surface area contributed by atoms with Crippen LogP contribution in [0.15, 0.2) is 0 Å². The molecule has 0 aliphatic heterocycles. The lowest BCUT2D eigenvalue weighted by atomic mass is 10.1. The van der Waals surface area contributed by atoms with Crippen molar-refractivity contribution in [3.05, 3.63) is 17.1 Å². The molecule has 0 spiro atoms. The predicted octanol–water partition coefficient (Wildman–Crippen LogP) is 2.54. The zero-order valence-corrected chi connectivity index (χ0v) is 12.5. The fourth-order valence-electron chi connectivity index (χ4n) is 2.03. The molecule has 0 radical (unpaired) electrons. The largest absolute Gasteiger partial charge is 0.368 e. The number of rotatable bonds is 6. The Labute approximate surface area is 111 Å². The van der Waals surface area contributed by atoms with Gasteiger partial charge < -0.3 is 10.2 Å². The summed E-state index contributed by atoms with van der Waals surface area (Å²) in [5, 5.41) is 3.47. The van der Waals surface area contributed by atoms with Gasteiger partial charge in [-0.3, -0.25) is 0 Å². The molecular formula is C14H26N4. The lowest BCUT2D eigenvalue weighted by Gasteiger charge is -2.25. The third kappa shape index (κ3) is 3.95. The van der Waals surface area contributed by atoms with Crippen LogP contribution < -0.4 is 5.32 Å². The number of anilines is 1. The fraction of sp³-hybridized carbons (Fsp3) is 0.714. The highest BCUT2D eigenvalue weighted by molar-refractivity contribution is 5.45. The molecule has 1 aromatic rings. The van der Waals surface area contributed by atoms with Gasteiger partial charge in [0.15, 0.2) is 0 Å². The molecule has 0 amide bonds. The van der Waals surface area contributed by atoms with Crippen LogP contribution in [-0.4, -0.2) is 41.5 Å². The molecule has 102 valence electrons. The Balaban J connectivity index is 2.73. The maximum atomic E-state index is 4.48. The molecule has 4 heteroatoms. The zero-order valence-electron chi connectivity index (χ0n) is 12.5. The Morgan fingerprint density at radius 3 is 2.39 bits per heavy atom. The van der Waals surface area contributed by atoms with Crippen molar-refractivity contribution in [1.29, 1.82) is 0 Å². The summed E-state index contributed by atoms with van der Waals surface area (Å²) < 4.78 is 0. The molecule has 0 aliphatic rings. The van der Waals surface area contributed by atoms with Gasteiger partial charge in [0.1, 0.15) is 11.6 Å². The number of nitrogens with one attached hydrogen (secondary N) is 1. The van der Waals surface area contributed by atoms with Gasteiger partial charge in [0, 0.05) is 23.8 Å². The van der Waals surface area contributed by atoms with Crippen LogP contribution in [0.25, 0.3) is 0 Å². The molecule has 0 saturated carbocycles. The van der Waals surface area contributed by atoms with Crippen LogP contribution in [0.5, 0.6) is 0 Å². The minimum atomic E-state index is 0.546. The van der Waals surface area contributed by atoms with Crippen LogP contribution in [0, 0.1) is 20.8 Å². The summed E-state index contributed by atoms with van der Waals surface area (Å²) in [4.78, 5) is 11.1. The lowest BCUT2D eigenvalue weighted by molar-refractivity contribution is 0.288. The molecule has 0 aliphatic carbocycles. The molecule has 1 heterocycles. The first kappa shape index (κ1) is 14.9. The van der Waals surface area contributed by atoms with E-state index in [1.807, 2.05) is 13.8 Å².